The fourth-order valence-corrected chi connectivity index (χ4v) is 4.79. The third-order valence-corrected chi connectivity index (χ3v) is 6.24. The summed E-state index contributed by atoms with van der Waals surface area (Å²) >= 11 is 0. The van der Waals surface area contributed by atoms with Crippen LogP contribution in [0.5, 0.6) is 17.2 Å². The maximum atomic E-state index is 5.93. The van der Waals surface area contributed by atoms with Crippen LogP contribution in [0, 0.1) is 0 Å². The van der Waals surface area contributed by atoms with E-state index in [4.69, 9.17) is 18.7 Å². The number of benzene rings is 3. The summed E-state index contributed by atoms with van der Waals surface area (Å²) in [6.07, 6.45) is 0. The van der Waals surface area contributed by atoms with Gasteiger partial charge in [0, 0.05) is 29.9 Å². The van der Waals surface area contributed by atoms with Crippen LogP contribution in [0.3, 0.4) is 0 Å². The van der Waals surface area contributed by atoms with E-state index in [0.717, 1.165) is 21.7 Å². The van der Waals surface area contributed by atoms with Gasteiger partial charge in [0.25, 0.3) is 0 Å². The molecule has 27 heavy (non-hydrogen) atoms. The Hall–Kier alpha value is -2.55. The summed E-state index contributed by atoms with van der Waals surface area (Å²) in [6.45, 7) is 0. The first kappa shape index (κ1) is 19.2. The maximum absolute atomic E-state index is 5.93. The highest BCUT2D eigenvalue weighted by molar-refractivity contribution is 7.68. The molecule has 0 unspecified atom stereocenters. The van der Waals surface area contributed by atoms with Crippen molar-refractivity contribution in [2.75, 3.05) is 28.4 Å². The summed E-state index contributed by atoms with van der Waals surface area (Å²) in [7, 11) is 5.69. The maximum Gasteiger partial charge on any atom is 0.134 e. The number of hydrogen-bond acceptors (Lipinski definition) is 4. The van der Waals surface area contributed by atoms with E-state index < -0.39 is 8.15 Å². The van der Waals surface area contributed by atoms with E-state index in [2.05, 4.69) is 24.3 Å². The molecule has 0 amide bonds. The highest BCUT2D eigenvalue weighted by atomic mass is 31.1. The second-order valence-electron chi connectivity index (χ2n) is 5.74. The minimum absolute atomic E-state index is 0.682. The lowest BCUT2D eigenvalue weighted by Gasteiger charge is -2.22. The van der Waals surface area contributed by atoms with Crippen LogP contribution >= 0.6 is 8.15 Å². The Morgan fingerprint density at radius 1 is 0.667 bits per heavy atom. The molecule has 0 aliphatic carbocycles. The van der Waals surface area contributed by atoms with Gasteiger partial charge in [0.2, 0.25) is 0 Å². The van der Waals surface area contributed by atoms with E-state index in [0.29, 0.717) is 17.2 Å². The molecule has 0 fully saturated rings. The van der Waals surface area contributed by atoms with Crippen LogP contribution in [-0.2, 0) is 4.52 Å². The summed E-state index contributed by atoms with van der Waals surface area (Å²) in [5.74, 6) is 2.07. The van der Waals surface area contributed by atoms with Gasteiger partial charge in [-0.1, -0.05) is 54.6 Å². The summed E-state index contributed by atoms with van der Waals surface area (Å²) in [5.41, 5.74) is 1.91. The Morgan fingerprint density at radius 3 is 1.81 bits per heavy atom. The number of rotatable bonds is 7. The van der Waals surface area contributed by atoms with E-state index >= 15 is 0 Å². The second-order valence-corrected chi connectivity index (χ2v) is 7.69. The first-order valence-electron chi connectivity index (χ1n) is 8.52. The van der Waals surface area contributed by atoms with Gasteiger partial charge in [0.05, 0.1) is 35.0 Å². The first-order valence-corrected chi connectivity index (χ1v) is 9.78. The molecule has 3 aromatic carbocycles. The van der Waals surface area contributed by atoms with E-state index in [1.165, 1.54) is 0 Å². The second kappa shape index (κ2) is 8.90. The molecule has 1 atom stereocenters. The number of methoxy groups -OCH3 is 3. The molecule has 0 N–H and O–H groups in total. The Labute approximate surface area is 161 Å². The molecule has 0 heterocycles. The zero-order valence-corrected chi connectivity index (χ0v) is 16.8. The average molecular weight is 382 g/mol. The van der Waals surface area contributed by atoms with Crippen molar-refractivity contribution in [1.82, 2.24) is 0 Å². The van der Waals surface area contributed by atoms with Gasteiger partial charge in [-0.05, 0) is 5.56 Å². The molecule has 0 bridgehead atoms. The van der Waals surface area contributed by atoms with Crippen LogP contribution in [0.2, 0.25) is 0 Å². The molecule has 0 saturated carbocycles. The molecule has 0 spiro atoms. The van der Waals surface area contributed by atoms with Gasteiger partial charge in [0.1, 0.15) is 17.2 Å². The van der Waals surface area contributed by atoms with Crippen molar-refractivity contribution in [2.24, 2.45) is 0 Å². The van der Waals surface area contributed by atoms with Crippen LogP contribution in [0.15, 0.2) is 66.7 Å². The van der Waals surface area contributed by atoms with Crippen LogP contribution in [0.25, 0.3) is 11.1 Å². The highest BCUT2D eigenvalue weighted by Gasteiger charge is 2.23. The molecule has 0 aromatic heterocycles. The first-order chi connectivity index (χ1) is 13.2. The molecule has 3 rings (SSSR count). The number of hydrogen-bond donors (Lipinski definition) is 0. The SMILES string of the molecule is COc1cc(OC)c(-c2ccccc2[P@](OC)c2ccccc2)c(OC)c1. The Kier molecular flexibility index (Phi) is 6.33. The largest absolute Gasteiger partial charge is 0.496 e. The lowest BCUT2D eigenvalue weighted by Crippen LogP contribution is -2.15. The van der Waals surface area contributed by atoms with Crippen LogP contribution < -0.4 is 24.8 Å². The normalized spacial score (nSPS) is 11.7. The molecule has 0 radical (unpaired) electrons. The third kappa shape index (κ3) is 3.92. The zero-order chi connectivity index (χ0) is 19.2. The lowest BCUT2D eigenvalue weighted by molar-refractivity contribution is 0.377. The topological polar surface area (TPSA) is 36.9 Å². The lowest BCUT2D eigenvalue weighted by atomic mass is 10.0. The van der Waals surface area contributed by atoms with E-state index in [1.807, 2.05) is 42.5 Å². The van der Waals surface area contributed by atoms with Gasteiger partial charge in [-0.25, -0.2) is 0 Å². The summed E-state index contributed by atoms with van der Waals surface area (Å²) in [5, 5.41) is 2.25. The molecule has 5 heteroatoms. The van der Waals surface area contributed by atoms with Crippen molar-refractivity contribution in [3.8, 4) is 28.4 Å². The van der Waals surface area contributed by atoms with Gasteiger partial charge >= 0.3 is 0 Å². The highest BCUT2D eigenvalue weighted by Crippen LogP contribution is 2.45. The van der Waals surface area contributed by atoms with Crippen LogP contribution in [-0.4, -0.2) is 28.4 Å². The van der Waals surface area contributed by atoms with Gasteiger partial charge < -0.3 is 18.7 Å². The third-order valence-electron chi connectivity index (χ3n) is 4.28. The van der Waals surface area contributed by atoms with Gasteiger partial charge in [-0.3, -0.25) is 0 Å². The summed E-state index contributed by atoms with van der Waals surface area (Å²) in [6, 6.07) is 22.2. The quantitative estimate of drug-likeness (QED) is 0.569. The van der Waals surface area contributed by atoms with E-state index in [9.17, 15) is 0 Å². The Morgan fingerprint density at radius 2 is 1.26 bits per heavy atom. The average Bonchev–Trinajstić information content (AvgIpc) is 2.74. The number of ether oxygens (including phenoxy) is 3. The fourth-order valence-electron chi connectivity index (χ4n) is 3.04. The standard InChI is InChI=1S/C22H23O4P/c1-23-16-14-19(24-2)22(20(15-16)25-3)18-12-8-9-13-21(18)27(26-4)17-10-6-5-7-11-17/h5-15H,1-4H3/t27-/m1/s1. The van der Waals surface area contributed by atoms with Crippen molar-refractivity contribution >= 4 is 18.8 Å². The van der Waals surface area contributed by atoms with E-state index in [1.54, 1.807) is 28.4 Å². The monoisotopic (exact) mass is 382 g/mol. The molecule has 3 aromatic rings. The summed E-state index contributed by atoms with van der Waals surface area (Å²) in [4.78, 5) is 0. The molecular formula is C22H23O4P. The van der Waals surface area contributed by atoms with Crippen molar-refractivity contribution in [3.05, 3.63) is 66.7 Å². The van der Waals surface area contributed by atoms with Crippen LogP contribution in [0.4, 0.5) is 0 Å². The molecule has 0 aliphatic rings. The zero-order valence-electron chi connectivity index (χ0n) is 15.9. The van der Waals surface area contributed by atoms with Crippen molar-refractivity contribution < 1.29 is 18.7 Å². The smallest absolute Gasteiger partial charge is 0.134 e. The summed E-state index contributed by atoms with van der Waals surface area (Å²) < 4.78 is 22.6. The fraction of sp³-hybridized carbons (Fsp3) is 0.182. The predicted octanol–water partition coefficient (Wildman–Crippen LogP) is 4.37. The van der Waals surface area contributed by atoms with Crippen LogP contribution in [0.1, 0.15) is 0 Å². The van der Waals surface area contributed by atoms with Crippen molar-refractivity contribution in [1.29, 1.82) is 0 Å². The Balaban J connectivity index is 2.23. The molecule has 140 valence electrons. The van der Waals surface area contributed by atoms with Crippen molar-refractivity contribution in [3.63, 3.8) is 0 Å². The predicted molar refractivity (Wildman–Crippen MR) is 111 cm³/mol. The van der Waals surface area contributed by atoms with Gasteiger partial charge in [-0.15, -0.1) is 0 Å². The van der Waals surface area contributed by atoms with E-state index in [-0.39, 0.29) is 0 Å². The van der Waals surface area contributed by atoms with Gasteiger partial charge in [0.15, 0.2) is 0 Å². The molecule has 0 aliphatic heterocycles. The molecule has 0 saturated heterocycles. The minimum Gasteiger partial charge on any atom is -0.496 e. The van der Waals surface area contributed by atoms with Crippen molar-refractivity contribution in [2.45, 2.75) is 0 Å². The molecule has 4 nitrogen and oxygen atoms in total. The molecular weight excluding hydrogens is 359 g/mol. The van der Waals surface area contributed by atoms with Gasteiger partial charge in [-0.2, -0.15) is 0 Å². The Bertz CT molecular complexity index is 871. The minimum atomic E-state index is -0.982.